The second-order valence-corrected chi connectivity index (χ2v) is 5.47. The highest BCUT2D eigenvalue weighted by atomic mass is 32.2. The molecule has 0 aliphatic carbocycles. The molecule has 0 aliphatic rings. The lowest BCUT2D eigenvalue weighted by atomic mass is 10.3. The topological polar surface area (TPSA) is 37.8 Å². The standard InChI is InChI=1S/C11H11F2N3S2/c1-2-14-11-16-15-10(18-11)6-17-9-4-3-7(12)5-8(9)13/h3-5H,2,6H2,1H3,(H,14,16). The SMILES string of the molecule is CCNc1nnc(CSc2ccc(F)cc2F)s1. The lowest BCUT2D eigenvalue weighted by Crippen LogP contribution is -1.94. The molecule has 1 aromatic carbocycles. The molecule has 0 atom stereocenters. The summed E-state index contributed by atoms with van der Waals surface area (Å²) in [5.41, 5.74) is 0. The third kappa shape index (κ3) is 3.39. The quantitative estimate of drug-likeness (QED) is 0.854. The summed E-state index contributed by atoms with van der Waals surface area (Å²) in [5.74, 6) is -0.593. The van der Waals surface area contributed by atoms with Gasteiger partial charge >= 0.3 is 0 Å². The van der Waals surface area contributed by atoms with Crippen LogP contribution >= 0.6 is 23.1 Å². The molecule has 0 bridgehead atoms. The largest absolute Gasteiger partial charge is 0.360 e. The van der Waals surface area contributed by atoms with Crippen molar-refractivity contribution in [1.82, 2.24) is 10.2 Å². The minimum absolute atomic E-state index is 0.414. The Morgan fingerprint density at radius 1 is 1.33 bits per heavy atom. The van der Waals surface area contributed by atoms with Gasteiger partial charge in [0.15, 0.2) is 0 Å². The van der Waals surface area contributed by atoms with Gasteiger partial charge in [0.2, 0.25) is 5.13 Å². The Balaban J connectivity index is 1.97. The molecule has 7 heteroatoms. The van der Waals surface area contributed by atoms with Gasteiger partial charge in [-0.15, -0.1) is 22.0 Å². The van der Waals surface area contributed by atoms with Gasteiger partial charge in [0.25, 0.3) is 0 Å². The molecular formula is C11H11F2N3S2. The van der Waals surface area contributed by atoms with Crippen LogP contribution in [0.5, 0.6) is 0 Å². The van der Waals surface area contributed by atoms with Crippen molar-refractivity contribution in [2.75, 3.05) is 11.9 Å². The van der Waals surface area contributed by atoms with E-state index >= 15 is 0 Å². The molecule has 0 unspecified atom stereocenters. The number of anilines is 1. The zero-order chi connectivity index (χ0) is 13.0. The van der Waals surface area contributed by atoms with Gasteiger partial charge in [-0.3, -0.25) is 0 Å². The number of hydrogen-bond donors (Lipinski definition) is 1. The average Bonchev–Trinajstić information content (AvgIpc) is 2.76. The Morgan fingerprint density at radius 2 is 2.17 bits per heavy atom. The first-order valence-corrected chi connectivity index (χ1v) is 7.13. The van der Waals surface area contributed by atoms with Crippen LogP contribution in [0, 0.1) is 11.6 Å². The van der Waals surface area contributed by atoms with Crippen LogP contribution in [0.4, 0.5) is 13.9 Å². The zero-order valence-corrected chi connectivity index (χ0v) is 11.2. The predicted molar refractivity (Wildman–Crippen MR) is 70.0 cm³/mol. The van der Waals surface area contributed by atoms with Crippen molar-refractivity contribution in [2.45, 2.75) is 17.6 Å². The molecule has 0 saturated heterocycles. The molecular weight excluding hydrogens is 276 g/mol. The smallest absolute Gasteiger partial charge is 0.205 e. The van der Waals surface area contributed by atoms with Gasteiger partial charge in [0.05, 0.1) is 5.75 Å². The number of benzene rings is 1. The van der Waals surface area contributed by atoms with E-state index in [1.807, 2.05) is 6.92 Å². The molecule has 2 rings (SSSR count). The first-order valence-electron chi connectivity index (χ1n) is 5.33. The molecule has 2 aromatic rings. The summed E-state index contributed by atoms with van der Waals surface area (Å²) < 4.78 is 26.1. The second kappa shape index (κ2) is 6.10. The second-order valence-electron chi connectivity index (χ2n) is 3.39. The third-order valence-corrected chi connectivity index (χ3v) is 4.16. The summed E-state index contributed by atoms with van der Waals surface area (Å²) in [5, 5.41) is 12.6. The van der Waals surface area contributed by atoms with Crippen molar-refractivity contribution >= 4 is 28.2 Å². The van der Waals surface area contributed by atoms with Crippen molar-refractivity contribution in [1.29, 1.82) is 0 Å². The van der Waals surface area contributed by atoms with Crippen molar-refractivity contribution in [3.05, 3.63) is 34.8 Å². The van der Waals surface area contributed by atoms with Crippen LogP contribution in [0.1, 0.15) is 11.9 Å². The fourth-order valence-electron chi connectivity index (χ4n) is 1.27. The van der Waals surface area contributed by atoms with Crippen LogP contribution in [0.3, 0.4) is 0 Å². The van der Waals surface area contributed by atoms with E-state index in [4.69, 9.17) is 0 Å². The number of rotatable bonds is 5. The molecule has 0 fully saturated rings. The van der Waals surface area contributed by atoms with Crippen LogP contribution in [0.2, 0.25) is 0 Å². The fraction of sp³-hybridized carbons (Fsp3) is 0.273. The van der Waals surface area contributed by atoms with Crippen molar-refractivity contribution in [3.63, 3.8) is 0 Å². The van der Waals surface area contributed by atoms with Crippen LogP contribution in [-0.4, -0.2) is 16.7 Å². The first-order chi connectivity index (χ1) is 8.69. The third-order valence-electron chi connectivity index (χ3n) is 2.04. The normalized spacial score (nSPS) is 10.6. The Bertz CT molecular complexity index is 531. The zero-order valence-electron chi connectivity index (χ0n) is 9.61. The molecule has 96 valence electrons. The van der Waals surface area contributed by atoms with Crippen molar-refractivity contribution in [2.24, 2.45) is 0 Å². The predicted octanol–water partition coefficient (Wildman–Crippen LogP) is 3.54. The Labute approximate surface area is 112 Å². The fourth-order valence-corrected chi connectivity index (χ4v) is 2.98. The maximum Gasteiger partial charge on any atom is 0.205 e. The lowest BCUT2D eigenvalue weighted by Gasteiger charge is -2.00. The van der Waals surface area contributed by atoms with Crippen LogP contribution in [-0.2, 0) is 5.75 Å². The molecule has 0 amide bonds. The monoisotopic (exact) mass is 287 g/mol. The Morgan fingerprint density at radius 3 is 2.89 bits per heavy atom. The summed E-state index contributed by atoms with van der Waals surface area (Å²) in [6.07, 6.45) is 0. The summed E-state index contributed by atoms with van der Waals surface area (Å²) in [4.78, 5) is 0.414. The van der Waals surface area contributed by atoms with Gasteiger partial charge in [-0.2, -0.15) is 0 Å². The van der Waals surface area contributed by atoms with Crippen molar-refractivity contribution < 1.29 is 8.78 Å². The van der Waals surface area contributed by atoms with Gasteiger partial charge in [-0.1, -0.05) is 11.3 Å². The van der Waals surface area contributed by atoms with E-state index in [-0.39, 0.29) is 0 Å². The average molecular weight is 287 g/mol. The maximum atomic E-state index is 13.4. The molecule has 1 heterocycles. The lowest BCUT2D eigenvalue weighted by molar-refractivity contribution is 0.565. The Kier molecular flexibility index (Phi) is 4.48. The molecule has 0 aliphatic heterocycles. The number of nitrogens with zero attached hydrogens (tertiary/aromatic N) is 2. The number of aromatic nitrogens is 2. The number of nitrogens with one attached hydrogen (secondary N) is 1. The minimum Gasteiger partial charge on any atom is -0.360 e. The molecule has 3 nitrogen and oxygen atoms in total. The highest BCUT2D eigenvalue weighted by Gasteiger charge is 2.07. The molecule has 0 radical (unpaired) electrons. The van der Waals surface area contributed by atoms with Gasteiger partial charge in [-0.05, 0) is 19.1 Å². The maximum absolute atomic E-state index is 13.4. The summed E-state index contributed by atoms with van der Waals surface area (Å²) in [6, 6.07) is 3.56. The minimum atomic E-state index is -0.567. The van der Waals surface area contributed by atoms with Crippen LogP contribution in [0.25, 0.3) is 0 Å². The highest BCUT2D eigenvalue weighted by Crippen LogP contribution is 2.28. The summed E-state index contributed by atoms with van der Waals surface area (Å²) >= 11 is 2.71. The molecule has 1 aromatic heterocycles. The number of hydrogen-bond acceptors (Lipinski definition) is 5. The van der Waals surface area contributed by atoms with E-state index in [9.17, 15) is 8.78 Å². The first kappa shape index (κ1) is 13.2. The summed E-state index contributed by atoms with van der Waals surface area (Å²) in [7, 11) is 0. The number of thioether (sulfide) groups is 1. The van der Waals surface area contributed by atoms with Gasteiger partial charge in [0.1, 0.15) is 16.6 Å². The van der Waals surface area contributed by atoms with Gasteiger partial charge < -0.3 is 5.32 Å². The van der Waals surface area contributed by atoms with Gasteiger partial charge in [-0.25, -0.2) is 8.78 Å². The molecule has 1 N–H and O–H groups in total. The highest BCUT2D eigenvalue weighted by molar-refractivity contribution is 7.98. The van der Waals surface area contributed by atoms with Crippen LogP contribution in [0.15, 0.2) is 23.1 Å². The van der Waals surface area contributed by atoms with Gasteiger partial charge in [0, 0.05) is 17.5 Å². The Hall–Kier alpha value is -1.21. The van der Waals surface area contributed by atoms with Crippen molar-refractivity contribution in [3.8, 4) is 0 Å². The molecule has 0 saturated carbocycles. The number of halogens is 2. The molecule has 0 spiro atoms. The molecule has 18 heavy (non-hydrogen) atoms. The van der Waals surface area contributed by atoms with E-state index < -0.39 is 11.6 Å². The van der Waals surface area contributed by atoms with E-state index in [0.29, 0.717) is 10.6 Å². The van der Waals surface area contributed by atoms with Crippen LogP contribution < -0.4 is 5.32 Å². The van der Waals surface area contributed by atoms with E-state index in [1.165, 1.54) is 35.2 Å². The van der Waals surface area contributed by atoms with E-state index in [2.05, 4.69) is 15.5 Å². The summed E-state index contributed by atoms with van der Waals surface area (Å²) in [6.45, 7) is 2.76. The van der Waals surface area contributed by atoms with E-state index in [1.54, 1.807) is 0 Å². The van der Waals surface area contributed by atoms with E-state index in [0.717, 1.165) is 22.8 Å².